The molecule has 9 nitrogen and oxygen atoms in total. The van der Waals surface area contributed by atoms with Crippen LogP contribution in [0.2, 0.25) is 0 Å². The standard InChI is InChI=1S/C21H24N6O3S/c1-21(2,29)16-4-5-17(26-25-16)24-20-14(19(22)28)11-15(31-20)13-3-6-18(23-12-13)27-7-9-30-10-8-27/h3-6,11-12,29H,7-10H2,1-2H3,(H2,22,28)(H,24,26). The Labute approximate surface area is 183 Å². The average molecular weight is 441 g/mol. The Morgan fingerprint density at radius 2 is 2.00 bits per heavy atom. The van der Waals surface area contributed by atoms with Crippen LogP contribution in [0.5, 0.6) is 0 Å². The zero-order chi connectivity index (χ0) is 22.0. The summed E-state index contributed by atoms with van der Waals surface area (Å²) in [6.45, 7) is 6.31. The smallest absolute Gasteiger partial charge is 0.251 e. The Kier molecular flexibility index (Phi) is 5.86. The van der Waals surface area contributed by atoms with E-state index < -0.39 is 11.5 Å². The second-order valence-electron chi connectivity index (χ2n) is 7.71. The second kappa shape index (κ2) is 8.58. The lowest BCUT2D eigenvalue weighted by atomic mass is 10.1. The fourth-order valence-corrected chi connectivity index (χ4v) is 4.22. The summed E-state index contributed by atoms with van der Waals surface area (Å²) in [6, 6.07) is 9.08. The molecule has 1 aliphatic heterocycles. The first-order valence-electron chi connectivity index (χ1n) is 9.87. The van der Waals surface area contributed by atoms with Crippen molar-refractivity contribution in [3.05, 3.63) is 47.8 Å². The number of aliphatic hydroxyl groups is 1. The Hall–Kier alpha value is -3.08. The van der Waals surface area contributed by atoms with Gasteiger partial charge in [0.25, 0.3) is 5.91 Å². The van der Waals surface area contributed by atoms with E-state index in [-0.39, 0.29) is 0 Å². The molecule has 4 heterocycles. The lowest BCUT2D eigenvalue weighted by Crippen LogP contribution is -2.36. The van der Waals surface area contributed by atoms with Crippen LogP contribution in [0.3, 0.4) is 0 Å². The number of aromatic nitrogens is 3. The van der Waals surface area contributed by atoms with E-state index in [1.54, 1.807) is 38.2 Å². The third kappa shape index (κ3) is 4.82. The summed E-state index contributed by atoms with van der Waals surface area (Å²) in [7, 11) is 0. The maximum absolute atomic E-state index is 12.0. The highest BCUT2D eigenvalue weighted by molar-refractivity contribution is 7.19. The van der Waals surface area contributed by atoms with E-state index in [1.165, 1.54) is 11.3 Å². The van der Waals surface area contributed by atoms with Gasteiger partial charge in [0.1, 0.15) is 16.4 Å². The molecule has 4 N–H and O–H groups in total. The summed E-state index contributed by atoms with van der Waals surface area (Å²) in [5, 5.41) is 21.8. The summed E-state index contributed by atoms with van der Waals surface area (Å²) < 4.78 is 5.38. The minimum absolute atomic E-state index is 0.366. The first kappa shape index (κ1) is 21.2. The van der Waals surface area contributed by atoms with Crippen LogP contribution in [0.4, 0.5) is 16.6 Å². The number of ether oxygens (including phenoxy) is 1. The fourth-order valence-electron chi connectivity index (χ4n) is 3.16. The number of primary amides is 1. The SMILES string of the molecule is CC(C)(O)c1ccc(Nc2sc(-c3ccc(N4CCOCC4)nc3)cc2C(N)=O)nn1. The van der Waals surface area contributed by atoms with Gasteiger partial charge in [0.15, 0.2) is 5.82 Å². The zero-order valence-electron chi connectivity index (χ0n) is 17.3. The minimum Gasteiger partial charge on any atom is -0.384 e. The minimum atomic E-state index is -1.08. The number of pyridine rings is 1. The molecule has 1 amide bonds. The van der Waals surface area contributed by atoms with Gasteiger partial charge in [-0.2, -0.15) is 5.10 Å². The highest BCUT2D eigenvalue weighted by Crippen LogP contribution is 2.37. The highest BCUT2D eigenvalue weighted by Gasteiger charge is 2.20. The number of carbonyl (C=O) groups is 1. The Bertz CT molecular complexity index is 1050. The van der Waals surface area contributed by atoms with E-state index in [4.69, 9.17) is 10.5 Å². The first-order valence-corrected chi connectivity index (χ1v) is 10.7. The van der Waals surface area contributed by atoms with Crippen LogP contribution in [0.15, 0.2) is 36.5 Å². The monoisotopic (exact) mass is 440 g/mol. The van der Waals surface area contributed by atoms with Gasteiger partial charge in [-0.15, -0.1) is 16.4 Å². The number of thiophene rings is 1. The van der Waals surface area contributed by atoms with Crippen molar-refractivity contribution < 1.29 is 14.6 Å². The molecule has 31 heavy (non-hydrogen) atoms. The van der Waals surface area contributed by atoms with Crippen molar-refractivity contribution in [2.75, 3.05) is 36.5 Å². The average Bonchev–Trinajstić information content (AvgIpc) is 3.18. The predicted molar refractivity (Wildman–Crippen MR) is 120 cm³/mol. The van der Waals surface area contributed by atoms with Crippen LogP contribution in [0.25, 0.3) is 10.4 Å². The third-order valence-corrected chi connectivity index (χ3v) is 6.00. The summed E-state index contributed by atoms with van der Waals surface area (Å²) in [5.74, 6) is 0.813. The molecular weight excluding hydrogens is 416 g/mol. The number of rotatable bonds is 6. The molecule has 162 valence electrons. The van der Waals surface area contributed by atoms with Gasteiger partial charge in [-0.25, -0.2) is 4.98 Å². The van der Waals surface area contributed by atoms with Gasteiger partial charge in [-0.1, -0.05) is 0 Å². The van der Waals surface area contributed by atoms with Crippen molar-refractivity contribution in [1.82, 2.24) is 15.2 Å². The van der Waals surface area contributed by atoms with Crippen LogP contribution < -0.4 is 16.0 Å². The molecule has 0 aliphatic carbocycles. The van der Waals surface area contributed by atoms with E-state index in [9.17, 15) is 9.90 Å². The van der Waals surface area contributed by atoms with Gasteiger partial charge in [-0.3, -0.25) is 4.79 Å². The lowest BCUT2D eigenvalue weighted by Gasteiger charge is -2.27. The lowest BCUT2D eigenvalue weighted by molar-refractivity contribution is 0.0729. The van der Waals surface area contributed by atoms with Crippen molar-refractivity contribution in [2.24, 2.45) is 5.73 Å². The third-order valence-electron chi connectivity index (χ3n) is 4.90. The predicted octanol–water partition coefficient (Wildman–Crippen LogP) is 2.51. The Morgan fingerprint density at radius 1 is 1.23 bits per heavy atom. The quantitative estimate of drug-likeness (QED) is 0.534. The molecule has 3 aromatic heterocycles. The van der Waals surface area contributed by atoms with Gasteiger partial charge in [0, 0.05) is 29.7 Å². The van der Waals surface area contributed by atoms with Crippen molar-refractivity contribution in [1.29, 1.82) is 0 Å². The maximum Gasteiger partial charge on any atom is 0.251 e. The number of anilines is 3. The van der Waals surface area contributed by atoms with E-state index in [1.807, 2.05) is 12.1 Å². The number of carbonyl (C=O) groups excluding carboxylic acids is 1. The number of amides is 1. The maximum atomic E-state index is 12.0. The molecule has 1 saturated heterocycles. The van der Waals surface area contributed by atoms with Gasteiger partial charge in [0.05, 0.1) is 24.5 Å². The van der Waals surface area contributed by atoms with E-state index in [2.05, 4.69) is 25.4 Å². The van der Waals surface area contributed by atoms with Crippen molar-refractivity contribution >= 4 is 33.9 Å². The molecule has 0 radical (unpaired) electrons. The molecule has 0 saturated carbocycles. The number of hydrogen-bond donors (Lipinski definition) is 3. The summed E-state index contributed by atoms with van der Waals surface area (Å²) >= 11 is 1.38. The topological polar surface area (TPSA) is 126 Å². The van der Waals surface area contributed by atoms with E-state index >= 15 is 0 Å². The van der Waals surface area contributed by atoms with Crippen molar-refractivity contribution in [2.45, 2.75) is 19.4 Å². The molecule has 0 unspecified atom stereocenters. The molecule has 4 rings (SSSR count). The van der Waals surface area contributed by atoms with Crippen molar-refractivity contribution in [3.8, 4) is 10.4 Å². The first-order chi connectivity index (χ1) is 14.8. The van der Waals surface area contributed by atoms with Gasteiger partial charge < -0.3 is 25.8 Å². The zero-order valence-corrected chi connectivity index (χ0v) is 18.1. The van der Waals surface area contributed by atoms with Gasteiger partial charge >= 0.3 is 0 Å². The van der Waals surface area contributed by atoms with Crippen molar-refractivity contribution in [3.63, 3.8) is 0 Å². The summed E-state index contributed by atoms with van der Waals surface area (Å²) in [4.78, 5) is 19.6. The number of hydrogen-bond acceptors (Lipinski definition) is 9. The van der Waals surface area contributed by atoms with E-state index in [0.717, 1.165) is 29.3 Å². The largest absolute Gasteiger partial charge is 0.384 e. The van der Waals surface area contributed by atoms with Gasteiger partial charge in [0.2, 0.25) is 0 Å². The molecule has 0 aromatic carbocycles. The molecule has 1 fully saturated rings. The van der Waals surface area contributed by atoms with Crippen LogP contribution in [0, 0.1) is 0 Å². The Balaban J connectivity index is 1.56. The second-order valence-corrected chi connectivity index (χ2v) is 8.76. The van der Waals surface area contributed by atoms with Crippen LogP contribution in [0.1, 0.15) is 29.9 Å². The molecule has 0 bridgehead atoms. The highest BCUT2D eigenvalue weighted by atomic mass is 32.1. The number of morpholine rings is 1. The van der Waals surface area contributed by atoms with Crippen LogP contribution in [-0.2, 0) is 10.3 Å². The normalized spacial score (nSPS) is 14.5. The van der Waals surface area contributed by atoms with Crippen LogP contribution >= 0.6 is 11.3 Å². The molecule has 0 atom stereocenters. The van der Waals surface area contributed by atoms with Gasteiger partial charge in [-0.05, 0) is 44.2 Å². The molecule has 3 aromatic rings. The summed E-state index contributed by atoms with van der Waals surface area (Å²) in [6.07, 6.45) is 1.79. The van der Waals surface area contributed by atoms with E-state index in [0.29, 0.717) is 35.3 Å². The fraction of sp³-hybridized carbons (Fsp3) is 0.333. The Morgan fingerprint density at radius 3 is 2.58 bits per heavy atom. The molecule has 1 aliphatic rings. The number of nitrogens with one attached hydrogen (secondary N) is 1. The number of nitrogens with two attached hydrogens (primary N) is 1. The molecule has 0 spiro atoms. The number of nitrogens with zero attached hydrogens (tertiary/aromatic N) is 4. The molecular formula is C21H24N6O3S. The summed E-state index contributed by atoms with van der Waals surface area (Å²) in [5.41, 5.74) is 6.21. The van der Waals surface area contributed by atoms with Crippen LogP contribution in [-0.4, -0.2) is 52.5 Å². The molecule has 10 heteroatoms.